The first-order valence-electron chi connectivity index (χ1n) is 9.51. The van der Waals surface area contributed by atoms with E-state index in [4.69, 9.17) is 0 Å². The molecule has 3 rings (SSSR count). The second-order valence-corrected chi connectivity index (χ2v) is 7.27. The van der Waals surface area contributed by atoms with Gasteiger partial charge < -0.3 is 10.2 Å². The molecule has 0 unspecified atom stereocenters. The Balaban J connectivity index is 1.42. The number of carbonyl (C=O) groups excluding carboxylic acids is 2. The van der Waals surface area contributed by atoms with Crippen molar-refractivity contribution in [3.05, 3.63) is 29.8 Å². The third-order valence-corrected chi connectivity index (χ3v) is 5.12. The first-order chi connectivity index (χ1) is 13.3. The van der Waals surface area contributed by atoms with Crippen LogP contribution in [0.1, 0.15) is 18.4 Å². The third-order valence-electron chi connectivity index (χ3n) is 5.12. The maximum atomic E-state index is 12.8. The molecule has 1 aromatic carbocycles. The average Bonchev–Trinajstić information content (AvgIpc) is 3.18. The smallest absolute Gasteiger partial charge is 0.342 e. The van der Waals surface area contributed by atoms with Crippen LogP contribution >= 0.6 is 0 Å². The lowest BCUT2D eigenvalue weighted by Gasteiger charge is -2.34. The number of anilines is 1. The van der Waals surface area contributed by atoms with E-state index in [0.29, 0.717) is 32.7 Å². The molecule has 0 atom stereocenters. The summed E-state index contributed by atoms with van der Waals surface area (Å²) in [6, 6.07) is 4.61. The van der Waals surface area contributed by atoms with Crippen LogP contribution in [0.25, 0.3) is 0 Å². The summed E-state index contributed by atoms with van der Waals surface area (Å²) in [6.07, 6.45) is -2.30. The topological polar surface area (TPSA) is 55.9 Å². The van der Waals surface area contributed by atoms with Crippen molar-refractivity contribution in [2.75, 3.05) is 57.7 Å². The number of amides is 2. The number of nitrogens with zero attached hydrogens (tertiary/aromatic N) is 3. The number of likely N-dealkylation sites (tertiary alicyclic amines) is 1. The van der Waals surface area contributed by atoms with Crippen LogP contribution in [0.15, 0.2) is 24.3 Å². The van der Waals surface area contributed by atoms with Crippen LogP contribution in [0.5, 0.6) is 0 Å². The predicted molar refractivity (Wildman–Crippen MR) is 98.8 cm³/mol. The zero-order chi connectivity index (χ0) is 20.1. The third kappa shape index (κ3) is 5.68. The van der Waals surface area contributed by atoms with Gasteiger partial charge in [0, 0.05) is 45.0 Å². The van der Waals surface area contributed by atoms with E-state index < -0.39 is 11.7 Å². The van der Waals surface area contributed by atoms with E-state index in [0.717, 1.165) is 38.1 Å². The summed E-state index contributed by atoms with van der Waals surface area (Å²) in [5.41, 5.74) is -0.656. The first-order valence-corrected chi connectivity index (χ1v) is 9.51. The van der Waals surface area contributed by atoms with Crippen molar-refractivity contribution in [2.24, 2.45) is 0 Å². The molecule has 1 aromatic rings. The molecule has 6 nitrogen and oxygen atoms in total. The second kappa shape index (κ2) is 8.91. The Morgan fingerprint density at radius 2 is 1.54 bits per heavy atom. The van der Waals surface area contributed by atoms with Gasteiger partial charge in [-0.15, -0.1) is 0 Å². The van der Waals surface area contributed by atoms with Crippen molar-refractivity contribution in [3.8, 4) is 0 Å². The maximum Gasteiger partial charge on any atom is 0.416 e. The molecule has 1 N–H and O–H groups in total. The number of hydrogen-bond acceptors (Lipinski definition) is 4. The number of halogens is 3. The molecular weight excluding hydrogens is 373 g/mol. The summed E-state index contributed by atoms with van der Waals surface area (Å²) in [5.74, 6) is -0.186. The van der Waals surface area contributed by atoms with Gasteiger partial charge in [-0.2, -0.15) is 13.2 Å². The lowest BCUT2D eigenvalue weighted by atomic mass is 10.2. The highest BCUT2D eigenvalue weighted by molar-refractivity contribution is 5.92. The molecule has 0 spiro atoms. The number of benzene rings is 1. The zero-order valence-electron chi connectivity index (χ0n) is 15.7. The van der Waals surface area contributed by atoms with Crippen molar-refractivity contribution >= 4 is 17.5 Å². The summed E-state index contributed by atoms with van der Waals surface area (Å²) < 4.78 is 38.3. The number of rotatable bonds is 5. The van der Waals surface area contributed by atoms with Gasteiger partial charge >= 0.3 is 6.18 Å². The van der Waals surface area contributed by atoms with E-state index in [9.17, 15) is 22.8 Å². The van der Waals surface area contributed by atoms with Crippen molar-refractivity contribution in [3.63, 3.8) is 0 Å². The van der Waals surface area contributed by atoms with E-state index in [2.05, 4.69) is 10.2 Å². The standard InChI is InChI=1S/C19H25F3N4O2/c20-19(21,22)15-4-3-5-16(12-15)23-17(27)13-24-8-10-25(11-9-24)14-18(28)26-6-1-2-7-26/h3-5,12H,1-2,6-11,13-14H2,(H,23,27). The minimum absolute atomic E-state index is 0.115. The van der Waals surface area contributed by atoms with Crippen LogP contribution in [0.4, 0.5) is 18.9 Å². The Bertz CT molecular complexity index is 697. The number of carbonyl (C=O) groups is 2. The largest absolute Gasteiger partial charge is 0.416 e. The van der Waals surface area contributed by atoms with E-state index >= 15 is 0 Å². The fourth-order valence-electron chi connectivity index (χ4n) is 3.54. The molecule has 2 amide bonds. The zero-order valence-corrected chi connectivity index (χ0v) is 15.7. The molecule has 0 aliphatic carbocycles. The molecule has 154 valence electrons. The van der Waals surface area contributed by atoms with Gasteiger partial charge in [0.2, 0.25) is 11.8 Å². The average molecular weight is 398 g/mol. The quantitative estimate of drug-likeness (QED) is 0.823. The Hall–Kier alpha value is -2.13. The van der Waals surface area contributed by atoms with Gasteiger partial charge in [-0.25, -0.2) is 0 Å². The van der Waals surface area contributed by atoms with Gasteiger partial charge in [-0.05, 0) is 31.0 Å². The number of nitrogens with one attached hydrogen (secondary N) is 1. The summed E-state index contributed by atoms with van der Waals surface area (Å²) in [6.45, 7) is 4.87. The molecule has 2 aliphatic heterocycles. The molecule has 0 saturated carbocycles. The Morgan fingerprint density at radius 3 is 2.14 bits per heavy atom. The number of piperazine rings is 1. The van der Waals surface area contributed by atoms with Crippen molar-refractivity contribution < 1.29 is 22.8 Å². The monoisotopic (exact) mass is 398 g/mol. The summed E-state index contributed by atoms with van der Waals surface area (Å²) in [4.78, 5) is 30.3. The maximum absolute atomic E-state index is 12.8. The molecule has 2 aliphatic rings. The molecule has 28 heavy (non-hydrogen) atoms. The highest BCUT2D eigenvalue weighted by atomic mass is 19.4. The first kappa shape index (κ1) is 20.6. The molecule has 2 heterocycles. The summed E-state index contributed by atoms with van der Waals surface area (Å²) in [5, 5.41) is 2.53. The predicted octanol–water partition coefficient (Wildman–Crippen LogP) is 1.88. The van der Waals surface area contributed by atoms with Gasteiger partial charge in [0.05, 0.1) is 18.7 Å². The SMILES string of the molecule is O=C(CN1CCN(CC(=O)N2CCCC2)CC1)Nc1cccc(C(F)(F)F)c1. The Morgan fingerprint density at radius 1 is 0.929 bits per heavy atom. The minimum Gasteiger partial charge on any atom is -0.342 e. The van der Waals surface area contributed by atoms with Gasteiger partial charge in [0.25, 0.3) is 0 Å². The van der Waals surface area contributed by atoms with Crippen LogP contribution in [0, 0.1) is 0 Å². The lowest BCUT2D eigenvalue weighted by Crippen LogP contribution is -2.51. The van der Waals surface area contributed by atoms with E-state index in [1.54, 1.807) is 0 Å². The molecular formula is C19H25F3N4O2. The van der Waals surface area contributed by atoms with Crippen molar-refractivity contribution in [1.82, 2.24) is 14.7 Å². The summed E-state index contributed by atoms with van der Waals surface area (Å²) >= 11 is 0. The van der Waals surface area contributed by atoms with E-state index in [1.807, 2.05) is 9.80 Å². The molecule has 0 bridgehead atoms. The number of alkyl halides is 3. The van der Waals surface area contributed by atoms with E-state index in [1.165, 1.54) is 12.1 Å². The minimum atomic E-state index is -4.44. The van der Waals surface area contributed by atoms with Crippen LogP contribution in [0.2, 0.25) is 0 Å². The molecule has 2 fully saturated rings. The summed E-state index contributed by atoms with van der Waals surface area (Å²) in [7, 11) is 0. The molecule has 9 heteroatoms. The van der Waals surface area contributed by atoms with Gasteiger partial charge in [0.15, 0.2) is 0 Å². The Labute approximate surface area is 162 Å². The normalized spacial score (nSPS) is 19.0. The molecule has 2 saturated heterocycles. The van der Waals surface area contributed by atoms with Crippen LogP contribution < -0.4 is 5.32 Å². The van der Waals surface area contributed by atoms with Crippen molar-refractivity contribution in [2.45, 2.75) is 19.0 Å². The molecule has 0 aromatic heterocycles. The highest BCUT2D eigenvalue weighted by Crippen LogP contribution is 2.30. The van der Waals surface area contributed by atoms with Gasteiger partial charge in [0.1, 0.15) is 0 Å². The number of hydrogen-bond donors (Lipinski definition) is 1. The van der Waals surface area contributed by atoms with Crippen molar-refractivity contribution in [1.29, 1.82) is 0 Å². The van der Waals surface area contributed by atoms with Crippen LogP contribution in [0.3, 0.4) is 0 Å². The van der Waals surface area contributed by atoms with Crippen LogP contribution in [-0.2, 0) is 15.8 Å². The molecule has 0 radical (unpaired) electrons. The fourth-order valence-corrected chi connectivity index (χ4v) is 3.54. The van der Waals surface area contributed by atoms with Gasteiger partial charge in [-0.1, -0.05) is 6.07 Å². The highest BCUT2D eigenvalue weighted by Gasteiger charge is 2.30. The van der Waals surface area contributed by atoms with E-state index in [-0.39, 0.29) is 24.0 Å². The lowest BCUT2D eigenvalue weighted by molar-refractivity contribution is -0.137. The second-order valence-electron chi connectivity index (χ2n) is 7.27. The van der Waals surface area contributed by atoms with Crippen LogP contribution in [-0.4, -0.2) is 78.9 Å². The Kier molecular flexibility index (Phi) is 6.56. The fraction of sp³-hybridized carbons (Fsp3) is 0.579. The van der Waals surface area contributed by atoms with Gasteiger partial charge in [-0.3, -0.25) is 19.4 Å².